The first-order valence-corrected chi connectivity index (χ1v) is 10.3. The number of rotatable bonds is 5. The van der Waals surface area contributed by atoms with Crippen molar-refractivity contribution in [2.75, 3.05) is 12.8 Å². The lowest BCUT2D eigenvalue weighted by Gasteiger charge is -2.56. The van der Waals surface area contributed by atoms with Crippen molar-refractivity contribution in [2.24, 2.45) is 23.2 Å². The van der Waals surface area contributed by atoms with E-state index in [1.807, 2.05) is 0 Å². The molecular weight excluding hydrogens is 336 g/mol. The van der Waals surface area contributed by atoms with Gasteiger partial charge in [-0.25, -0.2) is 0 Å². The molecule has 0 spiro atoms. The number of hydrogen-bond donors (Lipinski definition) is 1. The van der Waals surface area contributed by atoms with Crippen LogP contribution in [0.2, 0.25) is 0 Å². The van der Waals surface area contributed by atoms with Crippen molar-refractivity contribution in [3.63, 3.8) is 0 Å². The highest BCUT2D eigenvalue weighted by Gasteiger charge is 2.50. The number of benzene rings is 1. The van der Waals surface area contributed by atoms with Crippen LogP contribution in [-0.2, 0) is 0 Å². The van der Waals surface area contributed by atoms with Gasteiger partial charge < -0.3 is 5.32 Å². The predicted molar refractivity (Wildman–Crippen MR) is 97.8 cm³/mol. The van der Waals surface area contributed by atoms with E-state index in [0.29, 0.717) is 17.0 Å². The lowest BCUT2D eigenvalue weighted by atomic mass is 9.49. The van der Waals surface area contributed by atoms with Crippen molar-refractivity contribution in [2.45, 2.75) is 43.4 Å². The molecule has 1 aromatic carbocycles. The highest BCUT2D eigenvalue weighted by molar-refractivity contribution is 7.98. The van der Waals surface area contributed by atoms with Crippen molar-refractivity contribution in [1.29, 1.82) is 0 Å². The number of thioether (sulfide) groups is 1. The van der Waals surface area contributed by atoms with Crippen LogP contribution in [0.15, 0.2) is 23.1 Å². The highest BCUT2D eigenvalue weighted by atomic mass is 32.2. The quantitative estimate of drug-likeness (QED) is 0.484. The standard InChI is InChI=1S/C19H24N2O3S/c1-25-17-3-2-15(7-16(17)21(23)24)18(22)20-11-19-8-12-4-13(9-19)6-14(5-12)10-19/h2-3,7,12-14H,4-6,8-11H2,1H3,(H,20,22). The van der Waals surface area contributed by atoms with Gasteiger partial charge in [-0.15, -0.1) is 11.8 Å². The number of carbonyl (C=O) groups excluding carboxylic acids is 1. The van der Waals surface area contributed by atoms with Gasteiger partial charge in [0, 0.05) is 18.2 Å². The van der Waals surface area contributed by atoms with E-state index >= 15 is 0 Å². The summed E-state index contributed by atoms with van der Waals surface area (Å²) in [6.45, 7) is 0.716. The zero-order valence-electron chi connectivity index (χ0n) is 14.5. The fraction of sp³-hybridized carbons (Fsp3) is 0.632. The first-order chi connectivity index (χ1) is 12.0. The van der Waals surface area contributed by atoms with Crippen molar-refractivity contribution < 1.29 is 9.72 Å². The number of nitrogens with zero attached hydrogens (tertiary/aromatic N) is 1. The van der Waals surface area contributed by atoms with Gasteiger partial charge in [0.2, 0.25) is 0 Å². The van der Waals surface area contributed by atoms with Crippen molar-refractivity contribution in [3.8, 4) is 0 Å². The smallest absolute Gasteiger partial charge is 0.283 e. The van der Waals surface area contributed by atoms with Crippen LogP contribution in [0, 0.1) is 33.3 Å². The largest absolute Gasteiger partial charge is 0.351 e. The first-order valence-electron chi connectivity index (χ1n) is 9.09. The Balaban J connectivity index is 1.46. The molecule has 5 nitrogen and oxygen atoms in total. The maximum absolute atomic E-state index is 12.6. The summed E-state index contributed by atoms with van der Waals surface area (Å²) in [6.07, 6.45) is 9.68. The van der Waals surface area contributed by atoms with Gasteiger partial charge in [0.05, 0.1) is 9.82 Å². The lowest BCUT2D eigenvalue weighted by Crippen LogP contribution is -2.51. The van der Waals surface area contributed by atoms with E-state index in [4.69, 9.17) is 0 Å². The highest BCUT2D eigenvalue weighted by Crippen LogP contribution is 2.59. The minimum absolute atomic E-state index is 0.00922. The average Bonchev–Trinajstić information content (AvgIpc) is 2.58. The average molecular weight is 360 g/mol. The van der Waals surface area contributed by atoms with Crippen LogP contribution in [-0.4, -0.2) is 23.6 Å². The van der Waals surface area contributed by atoms with Gasteiger partial charge in [-0.2, -0.15) is 0 Å². The molecule has 4 bridgehead atoms. The molecule has 1 N–H and O–H groups in total. The fourth-order valence-corrected chi connectivity index (χ4v) is 6.40. The van der Waals surface area contributed by atoms with Crippen LogP contribution in [0.1, 0.15) is 48.9 Å². The molecule has 4 saturated carbocycles. The summed E-state index contributed by atoms with van der Waals surface area (Å²) < 4.78 is 0. The Hall–Kier alpha value is -1.56. The third-order valence-corrected chi connectivity index (χ3v) is 7.21. The summed E-state index contributed by atoms with van der Waals surface area (Å²) in [5, 5.41) is 14.3. The van der Waals surface area contributed by atoms with E-state index in [2.05, 4.69) is 5.32 Å². The van der Waals surface area contributed by atoms with Gasteiger partial charge in [-0.05, 0) is 80.1 Å². The Labute approximate surface area is 152 Å². The minimum atomic E-state index is -0.415. The summed E-state index contributed by atoms with van der Waals surface area (Å²) in [5.41, 5.74) is 0.666. The molecule has 0 aromatic heterocycles. The van der Waals surface area contributed by atoms with Crippen molar-refractivity contribution in [1.82, 2.24) is 5.32 Å². The van der Waals surface area contributed by atoms with Gasteiger partial charge in [-0.1, -0.05) is 0 Å². The first kappa shape index (κ1) is 16.9. The monoisotopic (exact) mass is 360 g/mol. The summed E-state index contributed by atoms with van der Waals surface area (Å²) in [6, 6.07) is 4.76. The predicted octanol–water partition coefficient (Wildman–Crippen LogP) is 4.26. The molecule has 1 aromatic rings. The van der Waals surface area contributed by atoms with E-state index < -0.39 is 4.92 Å². The maximum Gasteiger partial charge on any atom is 0.283 e. The molecule has 25 heavy (non-hydrogen) atoms. The minimum Gasteiger partial charge on any atom is -0.351 e. The van der Waals surface area contributed by atoms with Crippen LogP contribution >= 0.6 is 11.8 Å². The van der Waals surface area contributed by atoms with E-state index in [9.17, 15) is 14.9 Å². The second-order valence-corrected chi connectivity index (χ2v) is 9.09. The lowest BCUT2D eigenvalue weighted by molar-refractivity contribution is -0.387. The number of nitrogens with one attached hydrogen (secondary N) is 1. The van der Waals surface area contributed by atoms with Crippen LogP contribution in [0.25, 0.3) is 0 Å². The van der Waals surface area contributed by atoms with E-state index in [1.165, 1.54) is 56.4 Å². The second kappa shape index (κ2) is 6.31. The number of nitro benzene ring substituents is 1. The molecule has 4 aliphatic rings. The maximum atomic E-state index is 12.6. The molecule has 6 heteroatoms. The van der Waals surface area contributed by atoms with E-state index in [0.717, 1.165) is 17.8 Å². The molecular formula is C19H24N2O3S. The Morgan fingerprint density at radius 2 is 1.84 bits per heavy atom. The van der Waals surface area contributed by atoms with Gasteiger partial charge in [-0.3, -0.25) is 14.9 Å². The normalized spacial score (nSPS) is 32.6. The van der Waals surface area contributed by atoms with Crippen molar-refractivity contribution in [3.05, 3.63) is 33.9 Å². The van der Waals surface area contributed by atoms with Crippen LogP contribution in [0.4, 0.5) is 5.69 Å². The molecule has 0 saturated heterocycles. The topological polar surface area (TPSA) is 72.2 Å². The van der Waals surface area contributed by atoms with E-state index in [1.54, 1.807) is 18.4 Å². The van der Waals surface area contributed by atoms with Gasteiger partial charge >= 0.3 is 0 Å². The van der Waals surface area contributed by atoms with Crippen LogP contribution in [0.5, 0.6) is 0 Å². The molecule has 0 atom stereocenters. The molecule has 5 rings (SSSR count). The summed E-state index contributed by atoms with van der Waals surface area (Å²) >= 11 is 1.32. The zero-order valence-corrected chi connectivity index (χ0v) is 15.3. The SMILES string of the molecule is CSc1ccc(C(=O)NCC23CC4CC(CC(C4)C2)C3)cc1[N+](=O)[O-]. The summed E-state index contributed by atoms with van der Waals surface area (Å²) in [7, 11) is 0. The molecule has 0 heterocycles. The molecule has 0 unspecified atom stereocenters. The zero-order chi connectivity index (χ0) is 17.6. The van der Waals surface area contributed by atoms with Gasteiger partial charge in [0.15, 0.2) is 0 Å². The third kappa shape index (κ3) is 3.16. The molecule has 4 aliphatic carbocycles. The Bertz CT molecular complexity index is 683. The molecule has 134 valence electrons. The Morgan fingerprint density at radius 3 is 2.36 bits per heavy atom. The number of nitro groups is 1. The van der Waals surface area contributed by atoms with E-state index in [-0.39, 0.29) is 17.0 Å². The van der Waals surface area contributed by atoms with Gasteiger partial charge in [0.25, 0.3) is 11.6 Å². The van der Waals surface area contributed by atoms with Gasteiger partial charge in [0.1, 0.15) is 0 Å². The number of amides is 1. The second-order valence-electron chi connectivity index (χ2n) is 8.24. The number of carbonyl (C=O) groups is 1. The van der Waals surface area contributed by atoms with Crippen LogP contribution < -0.4 is 5.32 Å². The summed E-state index contributed by atoms with van der Waals surface area (Å²) in [5.74, 6) is 2.37. The number of hydrogen-bond acceptors (Lipinski definition) is 4. The van der Waals surface area contributed by atoms with Crippen LogP contribution in [0.3, 0.4) is 0 Å². The fourth-order valence-electron chi connectivity index (χ4n) is 5.85. The molecule has 0 radical (unpaired) electrons. The Morgan fingerprint density at radius 1 is 1.24 bits per heavy atom. The Kier molecular flexibility index (Phi) is 4.26. The van der Waals surface area contributed by atoms with Crippen molar-refractivity contribution >= 4 is 23.4 Å². The molecule has 1 amide bonds. The summed E-state index contributed by atoms with van der Waals surface area (Å²) in [4.78, 5) is 23.9. The molecule has 4 fully saturated rings. The molecule has 0 aliphatic heterocycles. The third-order valence-electron chi connectivity index (χ3n) is 6.43.